The van der Waals surface area contributed by atoms with E-state index in [1.807, 2.05) is 0 Å². The van der Waals surface area contributed by atoms with Gasteiger partial charge in [0.05, 0.1) is 6.17 Å². The van der Waals surface area contributed by atoms with E-state index in [2.05, 4.69) is 52.0 Å². The summed E-state index contributed by atoms with van der Waals surface area (Å²) in [5.41, 5.74) is 6.60. The fraction of sp³-hybridized carbons (Fsp3) is 1.00. The van der Waals surface area contributed by atoms with E-state index in [1.54, 1.807) is 0 Å². The van der Waals surface area contributed by atoms with Gasteiger partial charge in [0.1, 0.15) is 0 Å². The standard InChI is InChI=1S/C14H31N3/c1-13(2)9-11(10-14(3,4)16-13)7-8-12(15)17(5)6/h11-12,16H,7-10,15H2,1-6H3. The highest BCUT2D eigenvalue weighted by molar-refractivity contribution is 4.96. The molecule has 0 spiro atoms. The van der Waals surface area contributed by atoms with Crippen molar-refractivity contribution in [2.24, 2.45) is 11.7 Å². The molecule has 1 atom stereocenters. The van der Waals surface area contributed by atoms with Crippen LogP contribution in [-0.4, -0.2) is 36.2 Å². The Morgan fingerprint density at radius 2 is 1.65 bits per heavy atom. The van der Waals surface area contributed by atoms with Crippen LogP contribution in [0.3, 0.4) is 0 Å². The summed E-state index contributed by atoms with van der Waals surface area (Å²) in [7, 11) is 4.11. The largest absolute Gasteiger partial charge is 0.316 e. The summed E-state index contributed by atoms with van der Waals surface area (Å²) in [5, 5.41) is 3.73. The van der Waals surface area contributed by atoms with Gasteiger partial charge in [-0.15, -0.1) is 0 Å². The molecule has 102 valence electrons. The van der Waals surface area contributed by atoms with E-state index in [-0.39, 0.29) is 17.2 Å². The van der Waals surface area contributed by atoms with Crippen LogP contribution >= 0.6 is 0 Å². The fourth-order valence-corrected chi connectivity index (χ4v) is 3.40. The van der Waals surface area contributed by atoms with Crippen LogP contribution in [0, 0.1) is 5.92 Å². The molecule has 1 heterocycles. The average molecular weight is 241 g/mol. The highest BCUT2D eigenvalue weighted by atomic mass is 15.2. The number of rotatable bonds is 4. The maximum Gasteiger partial charge on any atom is 0.0566 e. The molecule has 0 bridgehead atoms. The third-order valence-corrected chi connectivity index (χ3v) is 3.81. The number of nitrogens with two attached hydrogens (primary N) is 1. The zero-order chi connectivity index (χ0) is 13.3. The van der Waals surface area contributed by atoms with E-state index < -0.39 is 0 Å². The lowest BCUT2D eigenvalue weighted by Gasteiger charge is -2.47. The normalized spacial score (nSPS) is 26.1. The van der Waals surface area contributed by atoms with Crippen LogP contribution in [0.5, 0.6) is 0 Å². The van der Waals surface area contributed by atoms with Crippen molar-refractivity contribution in [3.8, 4) is 0 Å². The summed E-state index contributed by atoms with van der Waals surface area (Å²) in [4.78, 5) is 2.11. The summed E-state index contributed by atoms with van der Waals surface area (Å²) in [5.74, 6) is 0.798. The molecule has 0 aliphatic carbocycles. The molecular weight excluding hydrogens is 210 g/mol. The molecule has 0 aromatic rings. The number of nitrogens with one attached hydrogen (secondary N) is 1. The Bertz CT molecular complexity index is 230. The van der Waals surface area contributed by atoms with Gasteiger partial charge < -0.3 is 11.1 Å². The van der Waals surface area contributed by atoms with Crippen LogP contribution in [-0.2, 0) is 0 Å². The van der Waals surface area contributed by atoms with Crippen LogP contribution < -0.4 is 11.1 Å². The van der Waals surface area contributed by atoms with Gasteiger partial charge >= 0.3 is 0 Å². The molecule has 0 radical (unpaired) electrons. The monoisotopic (exact) mass is 241 g/mol. The predicted molar refractivity (Wildman–Crippen MR) is 74.9 cm³/mol. The zero-order valence-corrected chi connectivity index (χ0v) is 12.5. The maximum absolute atomic E-state index is 6.08. The fourth-order valence-electron chi connectivity index (χ4n) is 3.40. The Kier molecular flexibility index (Phi) is 4.61. The van der Waals surface area contributed by atoms with Crippen LogP contribution in [0.1, 0.15) is 53.4 Å². The third kappa shape index (κ3) is 4.94. The minimum atomic E-state index is 0.205. The Hall–Kier alpha value is -0.120. The summed E-state index contributed by atoms with van der Waals surface area (Å²) >= 11 is 0. The second-order valence-corrected chi connectivity index (χ2v) is 7.28. The molecular formula is C14H31N3. The van der Waals surface area contributed by atoms with Gasteiger partial charge in [0.2, 0.25) is 0 Å². The van der Waals surface area contributed by atoms with Crippen molar-refractivity contribution in [1.82, 2.24) is 10.2 Å². The number of hydrogen-bond donors (Lipinski definition) is 2. The van der Waals surface area contributed by atoms with Gasteiger partial charge in [-0.2, -0.15) is 0 Å². The highest BCUT2D eigenvalue weighted by Gasteiger charge is 2.37. The van der Waals surface area contributed by atoms with Crippen molar-refractivity contribution in [3.05, 3.63) is 0 Å². The third-order valence-electron chi connectivity index (χ3n) is 3.81. The highest BCUT2D eigenvalue weighted by Crippen LogP contribution is 2.35. The van der Waals surface area contributed by atoms with Gasteiger partial charge in [0.15, 0.2) is 0 Å². The molecule has 1 rings (SSSR count). The molecule has 1 fully saturated rings. The van der Waals surface area contributed by atoms with Crippen molar-refractivity contribution in [1.29, 1.82) is 0 Å². The van der Waals surface area contributed by atoms with E-state index in [0.29, 0.717) is 0 Å². The predicted octanol–water partition coefficient (Wildman–Crippen LogP) is 2.17. The van der Waals surface area contributed by atoms with Gasteiger partial charge in [-0.1, -0.05) is 0 Å². The average Bonchev–Trinajstić information content (AvgIpc) is 2.08. The van der Waals surface area contributed by atoms with Crippen molar-refractivity contribution < 1.29 is 0 Å². The quantitative estimate of drug-likeness (QED) is 0.741. The number of nitrogens with zero attached hydrogens (tertiary/aromatic N) is 1. The lowest BCUT2D eigenvalue weighted by atomic mass is 9.74. The van der Waals surface area contributed by atoms with Crippen molar-refractivity contribution >= 4 is 0 Å². The smallest absolute Gasteiger partial charge is 0.0566 e. The van der Waals surface area contributed by atoms with E-state index >= 15 is 0 Å². The number of hydrogen-bond acceptors (Lipinski definition) is 3. The second kappa shape index (κ2) is 5.25. The van der Waals surface area contributed by atoms with Crippen molar-refractivity contribution in [3.63, 3.8) is 0 Å². The van der Waals surface area contributed by atoms with Crippen LogP contribution in [0.4, 0.5) is 0 Å². The Labute approximate surface area is 107 Å². The van der Waals surface area contributed by atoms with E-state index in [9.17, 15) is 0 Å². The van der Waals surface area contributed by atoms with Crippen molar-refractivity contribution in [2.45, 2.75) is 70.6 Å². The molecule has 17 heavy (non-hydrogen) atoms. The lowest BCUT2D eigenvalue weighted by Crippen LogP contribution is -2.57. The molecule has 0 saturated carbocycles. The molecule has 0 aromatic carbocycles. The maximum atomic E-state index is 6.08. The summed E-state index contributed by atoms with van der Waals surface area (Å²) in [6, 6.07) is 0. The topological polar surface area (TPSA) is 41.3 Å². The van der Waals surface area contributed by atoms with E-state index in [1.165, 1.54) is 19.3 Å². The van der Waals surface area contributed by atoms with Gasteiger partial charge in [-0.3, -0.25) is 4.90 Å². The molecule has 3 nitrogen and oxygen atoms in total. The summed E-state index contributed by atoms with van der Waals surface area (Å²) in [6.45, 7) is 9.25. The van der Waals surface area contributed by atoms with E-state index in [0.717, 1.165) is 12.3 Å². The molecule has 1 saturated heterocycles. The molecule has 3 heteroatoms. The number of piperidine rings is 1. The molecule has 1 aliphatic rings. The SMILES string of the molecule is CN(C)C(N)CCC1CC(C)(C)NC(C)(C)C1. The molecule has 1 unspecified atom stereocenters. The minimum absolute atomic E-state index is 0.205. The first kappa shape index (κ1) is 14.9. The zero-order valence-electron chi connectivity index (χ0n) is 12.5. The first-order chi connectivity index (χ1) is 7.61. The second-order valence-electron chi connectivity index (χ2n) is 7.28. The lowest BCUT2D eigenvalue weighted by molar-refractivity contribution is 0.116. The van der Waals surface area contributed by atoms with E-state index in [4.69, 9.17) is 5.73 Å². The molecule has 1 aliphatic heterocycles. The van der Waals surface area contributed by atoms with Crippen LogP contribution in [0.15, 0.2) is 0 Å². The Morgan fingerprint density at radius 1 is 1.18 bits per heavy atom. The summed E-state index contributed by atoms with van der Waals surface area (Å²) in [6.07, 6.45) is 5.07. The van der Waals surface area contributed by atoms with Gasteiger partial charge in [-0.05, 0) is 73.4 Å². The first-order valence-corrected chi connectivity index (χ1v) is 6.83. The first-order valence-electron chi connectivity index (χ1n) is 6.83. The summed E-state index contributed by atoms with van der Waals surface area (Å²) < 4.78 is 0. The Balaban J connectivity index is 2.49. The van der Waals surface area contributed by atoms with Gasteiger partial charge in [0.25, 0.3) is 0 Å². The van der Waals surface area contributed by atoms with Crippen LogP contribution in [0.2, 0.25) is 0 Å². The van der Waals surface area contributed by atoms with Crippen molar-refractivity contribution in [2.75, 3.05) is 14.1 Å². The minimum Gasteiger partial charge on any atom is -0.316 e. The van der Waals surface area contributed by atoms with Gasteiger partial charge in [-0.25, -0.2) is 0 Å². The van der Waals surface area contributed by atoms with Crippen LogP contribution in [0.25, 0.3) is 0 Å². The molecule has 0 amide bonds. The Morgan fingerprint density at radius 3 is 2.06 bits per heavy atom. The van der Waals surface area contributed by atoms with Gasteiger partial charge in [0, 0.05) is 11.1 Å². The molecule has 3 N–H and O–H groups in total. The molecule has 0 aromatic heterocycles.